The second kappa shape index (κ2) is 6.26. The molecule has 118 valence electrons. The number of furan rings is 1. The van der Waals surface area contributed by atoms with Gasteiger partial charge in [-0.05, 0) is 24.3 Å². The average molecular weight is 319 g/mol. The minimum atomic E-state index is -0.493. The number of amides is 3. The Morgan fingerprint density at radius 2 is 2.04 bits per heavy atom. The number of hydrogen-bond acceptors (Lipinski definition) is 4. The molecule has 6 heteroatoms. The summed E-state index contributed by atoms with van der Waals surface area (Å²) in [7, 11) is 0. The summed E-state index contributed by atoms with van der Waals surface area (Å²) in [6.45, 7) is 3.66. The van der Waals surface area contributed by atoms with Gasteiger partial charge in [0, 0.05) is 18.2 Å². The van der Waals surface area contributed by atoms with Gasteiger partial charge in [0.05, 0.1) is 11.6 Å². The van der Waals surface area contributed by atoms with E-state index >= 15 is 0 Å². The molecule has 3 amide bonds. The number of nitrogens with one attached hydrogen (secondary N) is 1. The Morgan fingerprint density at radius 1 is 1.25 bits per heavy atom. The zero-order valence-electron chi connectivity index (χ0n) is 12.7. The molecule has 0 unspecified atom stereocenters. The Hall–Kier alpha value is -3.59. The van der Waals surface area contributed by atoms with Crippen molar-refractivity contribution >= 4 is 18.0 Å². The normalized spacial score (nSPS) is 15.5. The van der Waals surface area contributed by atoms with Crippen LogP contribution in [0.4, 0.5) is 4.79 Å². The fourth-order valence-corrected chi connectivity index (χ4v) is 2.38. The smallest absolute Gasteiger partial charge is 0.329 e. The topological polar surface area (TPSA) is 86.3 Å². The molecular weight excluding hydrogens is 306 g/mol. The van der Waals surface area contributed by atoms with Gasteiger partial charge in [0.15, 0.2) is 0 Å². The van der Waals surface area contributed by atoms with Crippen molar-refractivity contribution in [3.05, 3.63) is 66.1 Å². The highest BCUT2D eigenvalue weighted by Gasteiger charge is 2.32. The van der Waals surface area contributed by atoms with Crippen LogP contribution >= 0.6 is 0 Å². The summed E-state index contributed by atoms with van der Waals surface area (Å²) in [6.07, 6.45) is 2.94. The Morgan fingerprint density at radius 3 is 2.79 bits per heavy atom. The van der Waals surface area contributed by atoms with Crippen LogP contribution in [0, 0.1) is 11.3 Å². The van der Waals surface area contributed by atoms with Crippen molar-refractivity contribution in [2.45, 2.75) is 0 Å². The van der Waals surface area contributed by atoms with Crippen LogP contribution in [0.1, 0.15) is 11.3 Å². The molecule has 1 aromatic heterocycles. The van der Waals surface area contributed by atoms with E-state index in [1.54, 1.807) is 30.3 Å². The van der Waals surface area contributed by atoms with Crippen LogP contribution in [0.3, 0.4) is 0 Å². The van der Waals surface area contributed by atoms with E-state index in [0.717, 1.165) is 4.90 Å². The monoisotopic (exact) mass is 319 g/mol. The first-order valence-electron chi connectivity index (χ1n) is 7.19. The molecule has 0 spiro atoms. The van der Waals surface area contributed by atoms with E-state index in [1.807, 2.05) is 6.07 Å². The fraction of sp³-hybridized carbons (Fsp3) is 0.0556. The van der Waals surface area contributed by atoms with Gasteiger partial charge in [-0.15, -0.1) is 6.58 Å². The van der Waals surface area contributed by atoms with E-state index in [4.69, 9.17) is 9.68 Å². The van der Waals surface area contributed by atoms with E-state index in [-0.39, 0.29) is 12.2 Å². The molecule has 2 heterocycles. The second-order valence-corrected chi connectivity index (χ2v) is 5.05. The lowest BCUT2D eigenvalue weighted by Gasteiger charge is -2.06. The molecular formula is C18H13N3O3. The van der Waals surface area contributed by atoms with E-state index in [1.165, 1.54) is 12.2 Å². The minimum Gasteiger partial charge on any atom is -0.457 e. The molecule has 24 heavy (non-hydrogen) atoms. The number of carbonyl (C=O) groups excluding carboxylic acids is 2. The summed E-state index contributed by atoms with van der Waals surface area (Å²) < 4.78 is 5.68. The van der Waals surface area contributed by atoms with Gasteiger partial charge < -0.3 is 9.73 Å². The molecule has 0 saturated carbocycles. The van der Waals surface area contributed by atoms with Crippen molar-refractivity contribution in [1.29, 1.82) is 5.26 Å². The molecule has 1 N–H and O–H groups in total. The van der Waals surface area contributed by atoms with Crippen LogP contribution in [-0.4, -0.2) is 23.4 Å². The van der Waals surface area contributed by atoms with Crippen LogP contribution in [0.2, 0.25) is 0 Å². The van der Waals surface area contributed by atoms with Gasteiger partial charge in [-0.1, -0.05) is 18.2 Å². The first-order valence-corrected chi connectivity index (χ1v) is 7.19. The number of imide groups is 1. The molecule has 1 aliphatic heterocycles. The van der Waals surface area contributed by atoms with E-state index < -0.39 is 11.9 Å². The zero-order chi connectivity index (χ0) is 17.1. The molecule has 0 aliphatic carbocycles. The van der Waals surface area contributed by atoms with Crippen molar-refractivity contribution < 1.29 is 14.0 Å². The molecule has 0 atom stereocenters. The Labute approximate surface area is 138 Å². The van der Waals surface area contributed by atoms with E-state index in [9.17, 15) is 9.59 Å². The Balaban J connectivity index is 1.90. The largest absolute Gasteiger partial charge is 0.457 e. The predicted molar refractivity (Wildman–Crippen MR) is 87.3 cm³/mol. The van der Waals surface area contributed by atoms with Gasteiger partial charge in [0.25, 0.3) is 5.91 Å². The Kier molecular flexibility index (Phi) is 4.00. The maximum Gasteiger partial charge on any atom is 0.329 e. The van der Waals surface area contributed by atoms with Crippen molar-refractivity contribution in [3.63, 3.8) is 0 Å². The summed E-state index contributed by atoms with van der Waals surface area (Å²) >= 11 is 0. The molecule has 6 nitrogen and oxygen atoms in total. The summed E-state index contributed by atoms with van der Waals surface area (Å²) in [5.74, 6) is 0.482. The summed E-state index contributed by atoms with van der Waals surface area (Å²) in [6, 6.07) is 12.1. The predicted octanol–water partition coefficient (Wildman–Crippen LogP) is 2.90. The first kappa shape index (κ1) is 15.3. The number of hydrogen-bond donors (Lipinski definition) is 1. The Bertz CT molecular complexity index is 902. The van der Waals surface area contributed by atoms with Crippen molar-refractivity contribution in [3.8, 4) is 17.4 Å². The highest BCUT2D eigenvalue weighted by Crippen LogP contribution is 2.26. The van der Waals surface area contributed by atoms with Gasteiger partial charge >= 0.3 is 6.03 Å². The van der Waals surface area contributed by atoms with Crippen molar-refractivity contribution in [2.24, 2.45) is 0 Å². The molecule has 0 bridgehead atoms. The number of nitrogens with zero attached hydrogens (tertiary/aromatic N) is 2. The highest BCUT2D eigenvalue weighted by atomic mass is 16.3. The number of nitriles is 1. The van der Waals surface area contributed by atoms with E-state index in [2.05, 4.69) is 18.0 Å². The summed E-state index contributed by atoms with van der Waals surface area (Å²) in [5, 5.41) is 11.6. The third kappa shape index (κ3) is 2.71. The summed E-state index contributed by atoms with van der Waals surface area (Å²) in [5.41, 5.74) is 1.30. The lowest BCUT2D eigenvalue weighted by Crippen LogP contribution is -2.30. The van der Waals surface area contributed by atoms with Gasteiger partial charge in [0.2, 0.25) is 0 Å². The SMILES string of the molecule is C=CCN1C(=O)N/C(=C/c2ccc(-c3ccccc3C#N)o2)C1=O. The number of urea groups is 1. The lowest BCUT2D eigenvalue weighted by molar-refractivity contribution is -0.122. The molecule has 2 aromatic rings. The number of rotatable bonds is 4. The van der Waals surface area contributed by atoms with Crippen LogP contribution in [0.15, 0.2) is 59.2 Å². The average Bonchev–Trinajstić information content (AvgIpc) is 3.15. The van der Waals surface area contributed by atoms with Gasteiger partial charge in [0.1, 0.15) is 17.2 Å². The van der Waals surface area contributed by atoms with Gasteiger partial charge in [-0.25, -0.2) is 4.79 Å². The summed E-state index contributed by atoms with van der Waals surface area (Å²) in [4.78, 5) is 24.9. The molecule has 1 aromatic carbocycles. The standard InChI is InChI=1S/C18H13N3O3/c1-2-9-21-17(22)15(20-18(21)23)10-13-7-8-16(24-13)14-6-4-3-5-12(14)11-19/h2-8,10H,1,9H2,(H,20,23)/b15-10+. The number of carbonyl (C=O) groups is 2. The van der Waals surface area contributed by atoms with Crippen molar-refractivity contribution in [2.75, 3.05) is 6.54 Å². The van der Waals surface area contributed by atoms with Crippen LogP contribution in [0.25, 0.3) is 17.4 Å². The number of benzene rings is 1. The highest BCUT2D eigenvalue weighted by molar-refractivity contribution is 6.13. The molecule has 0 radical (unpaired) electrons. The lowest BCUT2D eigenvalue weighted by atomic mass is 10.1. The van der Waals surface area contributed by atoms with Crippen LogP contribution < -0.4 is 5.32 Å². The molecule has 1 saturated heterocycles. The zero-order valence-corrected chi connectivity index (χ0v) is 12.7. The van der Waals surface area contributed by atoms with Crippen LogP contribution in [-0.2, 0) is 4.79 Å². The fourth-order valence-electron chi connectivity index (χ4n) is 2.38. The molecule has 1 aliphatic rings. The van der Waals surface area contributed by atoms with Gasteiger partial charge in [-0.2, -0.15) is 5.26 Å². The molecule has 1 fully saturated rings. The van der Waals surface area contributed by atoms with Crippen LogP contribution in [0.5, 0.6) is 0 Å². The first-order chi connectivity index (χ1) is 11.6. The second-order valence-electron chi connectivity index (χ2n) is 5.05. The third-order valence-electron chi connectivity index (χ3n) is 3.50. The molecule has 3 rings (SSSR count). The van der Waals surface area contributed by atoms with E-state index in [0.29, 0.717) is 22.6 Å². The quantitative estimate of drug-likeness (QED) is 0.533. The maximum atomic E-state index is 12.1. The van der Waals surface area contributed by atoms with Gasteiger partial charge in [-0.3, -0.25) is 9.69 Å². The minimum absolute atomic E-state index is 0.135. The maximum absolute atomic E-state index is 12.1. The van der Waals surface area contributed by atoms with Crippen molar-refractivity contribution in [1.82, 2.24) is 10.2 Å². The third-order valence-corrected chi connectivity index (χ3v) is 3.50.